The molecule has 0 saturated heterocycles. The second-order valence-corrected chi connectivity index (χ2v) is 6.69. The highest BCUT2D eigenvalue weighted by atomic mass is 79.9. The maximum Gasteiger partial charge on any atom is 0.279 e. The molecule has 0 aromatic heterocycles. The van der Waals surface area contributed by atoms with Crippen LogP contribution in [0.15, 0.2) is 46.9 Å². The zero-order valence-electron chi connectivity index (χ0n) is 14.8. The van der Waals surface area contributed by atoms with Crippen LogP contribution in [-0.4, -0.2) is 24.5 Å². The van der Waals surface area contributed by atoms with E-state index in [4.69, 9.17) is 9.47 Å². The molecule has 0 bridgehead atoms. The lowest BCUT2D eigenvalue weighted by molar-refractivity contribution is -0.133. The van der Waals surface area contributed by atoms with Crippen molar-refractivity contribution in [1.82, 2.24) is 10.9 Å². The fourth-order valence-corrected chi connectivity index (χ4v) is 2.69. The Morgan fingerprint density at radius 1 is 1.08 bits per heavy atom. The monoisotopic (exact) mass is 420 g/mol. The van der Waals surface area contributed by atoms with Gasteiger partial charge in [0, 0.05) is 0 Å². The smallest absolute Gasteiger partial charge is 0.279 e. The Morgan fingerprint density at radius 2 is 1.81 bits per heavy atom. The summed E-state index contributed by atoms with van der Waals surface area (Å²) in [6.07, 6.45) is -0.760. The van der Waals surface area contributed by atoms with Crippen LogP contribution in [0.3, 0.4) is 0 Å². The van der Waals surface area contributed by atoms with Gasteiger partial charge in [0.2, 0.25) is 0 Å². The van der Waals surface area contributed by atoms with E-state index in [1.807, 2.05) is 44.2 Å². The molecule has 0 radical (unpaired) electrons. The third-order valence-electron chi connectivity index (χ3n) is 3.44. The van der Waals surface area contributed by atoms with Crippen LogP contribution in [0.1, 0.15) is 18.1 Å². The molecule has 1 unspecified atom stereocenters. The maximum absolute atomic E-state index is 12.0. The first-order valence-corrected chi connectivity index (χ1v) is 8.85. The van der Waals surface area contributed by atoms with Gasteiger partial charge in [0.15, 0.2) is 12.7 Å². The van der Waals surface area contributed by atoms with Crippen LogP contribution >= 0.6 is 15.9 Å². The SMILES string of the molecule is Cc1cccc(OC(C)C(=O)NNC(=O)COc2ccc(C)cc2Br)c1. The van der Waals surface area contributed by atoms with Crippen molar-refractivity contribution in [3.05, 3.63) is 58.1 Å². The van der Waals surface area contributed by atoms with Gasteiger partial charge in [-0.15, -0.1) is 0 Å². The Hall–Kier alpha value is -2.54. The van der Waals surface area contributed by atoms with E-state index >= 15 is 0 Å². The molecule has 0 saturated carbocycles. The number of benzene rings is 2. The van der Waals surface area contributed by atoms with Gasteiger partial charge < -0.3 is 9.47 Å². The lowest BCUT2D eigenvalue weighted by Crippen LogP contribution is -2.48. The van der Waals surface area contributed by atoms with Crippen molar-refractivity contribution in [2.24, 2.45) is 0 Å². The second kappa shape index (κ2) is 9.24. The molecule has 138 valence electrons. The first-order chi connectivity index (χ1) is 12.3. The van der Waals surface area contributed by atoms with Gasteiger partial charge >= 0.3 is 0 Å². The van der Waals surface area contributed by atoms with Gasteiger partial charge in [0.05, 0.1) is 4.47 Å². The van der Waals surface area contributed by atoms with Crippen molar-refractivity contribution in [3.8, 4) is 11.5 Å². The van der Waals surface area contributed by atoms with Gasteiger partial charge in [0.25, 0.3) is 11.8 Å². The molecule has 2 N–H and O–H groups in total. The van der Waals surface area contributed by atoms with Crippen LogP contribution in [0, 0.1) is 13.8 Å². The molecule has 2 aromatic rings. The molecule has 0 fully saturated rings. The summed E-state index contributed by atoms with van der Waals surface area (Å²) in [7, 11) is 0. The molecule has 0 aliphatic heterocycles. The summed E-state index contributed by atoms with van der Waals surface area (Å²) in [5.74, 6) is 0.199. The number of amides is 2. The fourth-order valence-electron chi connectivity index (χ4n) is 2.08. The van der Waals surface area contributed by atoms with E-state index in [-0.39, 0.29) is 6.61 Å². The molecule has 26 heavy (non-hydrogen) atoms. The van der Waals surface area contributed by atoms with Crippen molar-refractivity contribution in [3.63, 3.8) is 0 Å². The summed E-state index contributed by atoms with van der Waals surface area (Å²) in [6, 6.07) is 12.9. The van der Waals surface area contributed by atoms with Crippen molar-refractivity contribution in [1.29, 1.82) is 0 Å². The molecule has 0 heterocycles. The minimum absolute atomic E-state index is 0.227. The van der Waals surface area contributed by atoms with Crippen LogP contribution in [0.25, 0.3) is 0 Å². The number of carbonyl (C=O) groups excluding carboxylic acids is 2. The van der Waals surface area contributed by atoms with Gasteiger partial charge in [-0.05, 0) is 72.1 Å². The third-order valence-corrected chi connectivity index (χ3v) is 4.06. The highest BCUT2D eigenvalue weighted by Gasteiger charge is 2.15. The van der Waals surface area contributed by atoms with Crippen molar-refractivity contribution in [2.75, 3.05) is 6.61 Å². The van der Waals surface area contributed by atoms with Gasteiger partial charge in [-0.25, -0.2) is 0 Å². The number of ether oxygens (including phenoxy) is 2. The largest absolute Gasteiger partial charge is 0.483 e. The highest BCUT2D eigenvalue weighted by Crippen LogP contribution is 2.25. The highest BCUT2D eigenvalue weighted by molar-refractivity contribution is 9.10. The fraction of sp³-hybridized carbons (Fsp3) is 0.263. The molecule has 7 heteroatoms. The van der Waals surface area contributed by atoms with Gasteiger partial charge in [-0.2, -0.15) is 0 Å². The molecular formula is C19H21BrN2O4. The quantitative estimate of drug-likeness (QED) is 0.703. The summed E-state index contributed by atoms with van der Waals surface area (Å²) in [5.41, 5.74) is 6.73. The molecular weight excluding hydrogens is 400 g/mol. The van der Waals surface area contributed by atoms with Crippen LogP contribution in [0.5, 0.6) is 11.5 Å². The Morgan fingerprint density at radius 3 is 2.50 bits per heavy atom. The lowest BCUT2D eigenvalue weighted by Gasteiger charge is -2.15. The van der Waals surface area contributed by atoms with Crippen molar-refractivity contribution in [2.45, 2.75) is 26.9 Å². The number of hydrogen-bond donors (Lipinski definition) is 2. The Balaban J connectivity index is 1.76. The molecule has 2 aromatic carbocycles. The minimum atomic E-state index is -0.760. The first kappa shape index (κ1) is 19.8. The summed E-state index contributed by atoms with van der Waals surface area (Å²) < 4.78 is 11.7. The van der Waals surface area contributed by atoms with Crippen LogP contribution in [0.4, 0.5) is 0 Å². The van der Waals surface area contributed by atoms with E-state index in [0.29, 0.717) is 11.5 Å². The molecule has 0 spiro atoms. The molecule has 2 amide bonds. The predicted octanol–water partition coefficient (Wildman–Crippen LogP) is 3.06. The summed E-state index contributed by atoms with van der Waals surface area (Å²) in [4.78, 5) is 23.8. The number of hydrogen-bond acceptors (Lipinski definition) is 4. The molecule has 0 aliphatic carbocycles. The predicted molar refractivity (Wildman–Crippen MR) is 102 cm³/mol. The average molecular weight is 421 g/mol. The summed E-state index contributed by atoms with van der Waals surface area (Å²) in [6.45, 7) is 5.26. The topological polar surface area (TPSA) is 76.7 Å². The standard InChI is InChI=1S/C19H21BrN2O4/c1-12-5-4-6-15(9-12)26-14(3)19(24)22-21-18(23)11-25-17-8-7-13(2)10-16(17)20/h4-10,14H,11H2,1-3H3,(H,21,23)(H,22,24). The zero-order chi connectivity index (χ0) is 19.1. The van der Waals surface area contributed by atoms with Gasteiger partial charge in [-0.1, -0.05) is 18.2 Å². The molecule has 6 nitrogen and oxygen atoms in total. The van der Waals surface area contributed by atoms with Gasteiger partial charge in [-0.3, -0.25) is 20.4 Å². The normalized spacial score (nSPS) is 11.4. The number of halogens is 1. The van der Waals surface area contributed by atoms with E-state index in [2.05, 4.69) is 26.8 Å². The van der Waals surface area contributed by atoms with Crippen molar-refractivity contribution >= 4 is 27.7 Å². The number of aryl methyl sites for hydroxylation is 2. The number of carbonyl (C=O) groups is 2. The second-order valence-electron chi connectivity index (χ2n) is 5.84. The summed E-state index contributed by atoms with van der Waals surface area (Å²) in [5, 5.41) is 0. The Bertz CT molecular complexity index is 795. The number of rotatable bonds is 6. The molecule has 2 rings (SSSR count). The lowest BCUT2D eigenvalue weighted by atomic mass is 10.2. The first-order valence-electron chi connectivity index (χ1n) is 8.06. The Labute approximate surface area is 161 Å². The zero-order valence-corrected chi connectivity index (χ0v) is 16.4. The molecule has 0 aliphatic rings. The van der Waals surface area contributed by atoms with Crippen LogP contribution in [-0.2, 0) is 9.59 Å². The minimum Gasteiger partial charge on any atom is -0.483 e. The molecule has 1 atom stereocenters. The summed E-state index contributed by atoms with van der Waals surface area (Å²) >= 11 is 3.37. The van der Waals surface area contributed by atoms with E-state index in [0.717, 1.165) is 15.6 Å². The van der Waals surface area contributed by atoms with Crippen molar-refractivity contribution < 1.29 is 19.1 Å². The van der Waals surface area contributed by atoms with E-state index < -0.39 is 17.9 Å². The van der Waals surface area contributed by atoms with Gasteiger partial charge in [0.1, 0.15) is 11.5 Å². The maximum atomic E-state index is 12.0. The number of hydrazine groups is 1. The third kappa shape index (κ3) is 6.07. The van der Waals surface area contributed by atoms with E-state index in [1.54, 1.807) is 19.1 Å². The average Bonchev–Trinajstić information content (AvgIpc) is 2.58. The Kier molecular flexibility index (Phi) is 7.03. The number of nitrogens with one attached hydrogen (secondary N) is 2. The van der Waals surface area contributed by atoms with E-state index in [9.17, 15) is 9.59 Å². The van der Waals surface area contributed by atoms with E-state index in [1.165, 1.54) is 0 Å². The van der Waals surface area contributed by atoms with Crippen LogP contribution in [0.2, 0.25) is 0 Å². The van der Waals surface area contributed by atoms with Crippen LogP contribution < -0.4 is 20.3 Å².